The summed E-state index contributed by atoms with van der Waals surface area (Å²) in [5.74, 6) is 1.57. The molecule has 0 radical (unpaired) electrons. The lowest BCUT2D eigenvalue weighted by molar-refractivity contribution is 0.125. The fraction of sp³-hybridized carbons (Fsp3) is 1.00. The summed E-state index contributed by atoms with van der Waals surface area (Å²) in [7, 11) is 0. The van der Waals surface area contributed by atoms with Gasteiger partial charge in [0.15, 0.2) is 0 Å². The summed E-state index contributed by atoms with van der Waals surface area (Å²) in [6, 6.07) is 0. The number of hydrogen-bond donors (Lipinski definition) is 1. The first-order valence-corrected chi connectivity index (χ1v) is 6.09. The van der Waals surface area contributed by atoms with Crippen LogP contribution in [-0.2, 0) is 0 Å². The van der Waals surface area contributed by atoms with Gasteiger partial charge in [-0.05, 0) is 54.8 Å². The van der Waals surface area contributed by atoms with Crippen LogP contribution in [0.3, 0.4) is 0 Å². The molecular formula is C13H24O. The van der Waals surface area contributed by atoms with Gasteiger partial charge in [-0.2, -0.15) is 0 Å². The van der Waals surface area contributed by atoms with Crippen molar-refractivity contribution in [3.63, 3.8) is 0 Å². The molecular weight excluding hydrogens is 172 g/mol. The molecule has 0 aromatic rings. The van der Waals surface area contributed by atoms with Gasteiger partial charge >= 0.3 is 0 Å². The fourth-order valence-corrected chi connectivity index (χ4v) is 3.36. The van der Waals surface area contributed by atoms with Gasteiger partial charge in [0.1, 0.15) is 0 Å². The molecule has 2 aliphatic rings. The lowest BCUT2D eigenvalue weighted by Gasteiger charge is -2.37. The smallest absolute Gasteiger partial charge is 0.0464 e. The highest BCUT2D eigenvalue weighted by Gasteiger charge is 2.54. The molecule has 2 aliphatic carbocycles. The van der Waals surface area contributed by atoms with E-state index in [-0.39, 0.29) is 0 Å². The lowest BCUT2D eigenvalue weighted by Crippen LogP contribution is -2.27. The molecule has 1 heteroatoms. The number of aliphatic hydroxyl groups is 1. The minimum Gasteiger partial charge on any atom is -0.396 e. The number of rotatable bonds is 1. The molecule has 2 fully saturated rings. The third-order valence-electron chi connectivity index (χ3n) is 4.79. The van der Waals surface area contributed by atoms with Crippen molar-refractivity contribution >= 4 is 0 Å². The van der Waals surface area contributed by atoms with Crippen LogP contribution in [0.2, 0.25) is 0 Å². The summed E-state index contributed by atoms with van der Waals surface area (Å²) >= 11 is 0. The average molecular weight is 196 g/mol. The van der Waals surface area contributed by atoms with Gasteiger partial charge in [-0.25, -0.2) is 0 Å². The van der Waals surface area contributed by atoms with E-state index >= 15 is 0 Å². The minimum absolute atomic E-state index is 0.431. The van der Waals surface area contributed by atoms with Gasteiger partial charge in [0.05, 0.1) is 0 Å². The predicted octanol–water partition coefficient (Wildman–Crippen LogP) is 3.22. The molecule has 2 saturated carbocycles. The van der Waals surface area contributed by atoms with Crippen molar-refractivity contribution in [1.29, 1.82) is 0 Å². The molecule has 2 rings (SSSR count). The molecule has 1 spiro atoms. The van der Waals surface area contributed by atoms with Crippen molar-refractivity contribution < 1.29 is 5.11 Å². The molecule has 1 unspecified atom stereocenters. The molecule has 0 saturated heterocycles. The quantitative estimate of drug-likeness (QED) is 0.682. The van der Waals surface area contributed by atoms with Crippen LogP contribution in [0.4, 0.5) is 0 Å². The standard InChI is InChI=1S/C13H24O/c1-12(2,3)10-4-6-13(7-5-10)8-11(13)9-14/h10-11,14H,4-9H2,1-3H3. The minimum atomic E-state index is 0.431. The van der Waals surface area contributed by atoms with E-state index in [9.17, 15) is 0 Å². The van der Waals surface area contributed by atoms with E-state index < -0.39 is 0 Å². The Morgan fingerprint density at radius 3 is 2.14 bits per heavy atom. The Bertz CT molecular complexity index is 206. The van der Waals surface area contributed by atoms with E-state index in [0.717, 1.165) is 5.92 Å². The van der Waals surface area contributed by atoms with Gasteiger partial charge in [0.2, 0.25) is 0 Å². The van der Waals surface area contributed by atoms with Gasteiger partial charge in [-0.1, -0.05) is 20.8 Å². The van der Waals surface area contributed by atoms with Crippen LogP contribution in [0.5, 0.6) is 0 Å². The normalized spacial score (nSPS) is 42.9. The first-order valence-electron chi connectivity index (χ1n) is 6.09. The zero-order valence-electron chi connectivity index (χ0n) is 9.84. The largest absolute Gasteiger partial charge is 0.396 e. The fourth-order valence-electron chi connectivity index (χ4n) is 3.36. The van der Waals surface area contributed by atoms with E-state index in [2.05, 4.69) is 20.8 Å². The third kappa shape index (κ3) is 1.71. The zero-order valence-corrected chi connectivity index (χ0v) is 9.84. The molecule has 0 aliphatic heterocycles. The van der Waals surface area contributed by atoms with E-state index in [1.807, 2.05) is 0 Å². The van der Waals surface area contributed by atoms with Crippen molar-refractivity contribution in [2.24, 2.45) is 22.7 Å². The number of hydrogen-bond acceptors (Lipinski definition) is 1. The highest BCUT2D eigenvalue weighted by Crippen LogP contribution is 2.63. The van der Waals surface area contributed by atoms with Crippen molar-refractivity contribution in [2.45, 2.75) is 52.9 Å². The van der Waals surface area contributed by atoms with Gasteiger partial charge in [0, 0.05) is 6.61 Å². The Labute approximate surface area is 87.9 Å². The van der Waals surface area contributed by atoms with Gasteiger partial charge < -0.3 is 5.11 Å². The zero-order chi connectivity index (χ0) is 10.4. The Balaban J connectivity index is 1.88. The van der Waals surface area contributed by atoms with Crippen LogP contribution in [0.1, 0.15) is 52.9 Å². The van der Waals surface area contributed by atoms with Gasteiger partial charge in [-0.15, -0.1) is 0 Å². The summed E-state index contributed by atoms with van der Waals surface area (Å²) in [5.41, 5.74) is 1.09. The molecule has 0 heterocycles. The van der Waals surface area contributed by atoms with Crippen molar-refractivity contribution in [3.05, 3.63) is 0 Å². The van der Waals surface area contributed by atoms with Crippen molar-refractivity contribution in [3.8, 4) is 0 Å². The Hall–Kier alpha value is -0.0400. The molecule has 0 aromatic heterocycles. The van der Waals surface area contributed by atoms with E-state index in [1.54, 1.807) is 0 Å². The van der Waals surface area contributed by atoms with Crippen LogP contribution < -0.4 is 0 Å². The number of aliphatic hydroxyl groups excluding tert-OH is 1. The Morgan fingerprint density at radius 1 is 1.21 bits per heavy atom. The Kier molecular flexibility index (Phi) is 2.42. The third-order valence-corrected chi connectivity index (χ3v) is 4.79. The first kappa shape index (κ1) is 10.5. The van der Waals surface area contributed by atoms with E-state index in [1.165, 1.54) is 32.1 Å². The second kappa shape index (κ2) is 3.23. The average Bonchev–Trinajstić information content (AvgIpc) is 2.78. The maximum atomic E-state index is 9.15. The van der Waals surface area contributed by atoms with E-state index in [4.69, 9.17) is 5.11 Å². The highest BCUT2D eigenvalue weighted by molar-refractivity contribution is 5.04. The second-order valence-electron chi connectivity index (χ2n) is 6.59. The SMILES string of the molecule is CC(C)(C)C1CCC2(CC1)CC2CO. The maximum Gasteiger partial charge on any atom is 0.0464 e. The predicted molar refractivity (Wildman–Crippen MR) is 59.0 cm³/mol. The van der Waals surface area contributed by atoms with Crippen LogP contribution >= 0.6 is 0 Å². The molecule has 0 bridgehead atoms. The van der Waals surface area contributed by atoms with E-state index in [0.29, 0.717) is 23.4 Å². The maximum absolute atomic E-state index is 9.15. The van der Waals surface area contributed by atoms with Crippen LogP contribution in [0.15, 0.2) is 0 Å². The van der Waals surface area contributed by atoms with Crippen LogP contribution in [0.25, 0.3) is 0 Å². The summed E-state index contributed by atoms with van der Waals surface area (Å²) in [4.78, 5) is 0. The molecule has 14 heavy (non-hydrogen) atoms. The summed E-state index contributed by atoms with van der Waals surface area (Å²) in [6.45, 7) is 7.53. The lowest BCUT2D eigenvalue weighted by atomic mass is 9.68. The Morgan fingerprint density at radius 2 is 1.79 bits per heavy atom. The molecule has 1 nitrogen and oxygen atoms in total. The summed E-state index contributed by atoms with van der Waals surface area (Å²) in [6.07, 6.45) is 6.83. The second-order valence-corrected chi connectivity index (χ2v) is 6.59. The summed E-state index contributed by atoms with van der Waals surface area (Å²) in [5, 5.41) is 9.15. The summed E-state index contributed by atoms with van der Waals surface area (Å²) < 4.78 is 0. The van der Waals surface area contributed by atoms with Crippen LogP contribution in [-0.4, -0.2) is 11.7 Å². The highest BCUT2D eigenvalue weighted by atomic mass is 16.3. The van der Waals surface area contributed by atoms with Gasteiger partial charge in [-0.3, -0.25) is 0 Å². The van der Waals surface area contributed by atoms with Crippen LogP contribution in [0, 0.1) is 22.7 Å². The first-order chi connectivity index (χ1) is 6.48. The van der Waals surface area contributed by atoms with Gasteiger partial charge in [0.25, 0.3) is 0 Å². The topological polar surface area (TPSA) is 20.2 Å². The molecule has 1 atom stereocenters. The monoisotopic (exact) mass is 196 g/mol. The molecule has 0 aromatic carbocycles. The van der Waals surface area contributed by atoms with Crippen molar-refractivity contribution in [1.82, 2.24) is 0 Å². The molecule has 82 valence electrons. The molecule has 0 amide bonds. The molecule has 1 N–H and O–H groups in total. The van der Waals surface area contributed by atoms with Crippen molar-refractivity contribution in [2.75, 3.05) is 6.61 Å².